The van der Waals surface area contributed by atoms with Crippen LogP contribution in [-0.4, -0.2) is 28.0 Å². The third-order valence-corrected chi connectivity index (χ3v) is 3.40. The molecule has 0 spiro atoms. The Morgan fingerprint density at radius 1 is 1.41 bits per heavy atom. The van der Waals surface area contributed by atoms with Crippen molar-refractivity contribution in [3.63, 3.8) is 0 Å². The zero-order valence-electron chi connectivity index (χ0n) is 12.6. The first-order valence-corrected chi connectivity index (χ1v) is 6.50. The first-order chi connectivity index (χ1) is 10.2. The van der Waals surface area contributed by atoms with Crippen LogP contribution in [0.1, 0.15) is 28.5 Å². The topological polar surface area (TPSA) is 64.3 Å². The number of halogens is 2. The summed E-state index contributed by atoms with van der Waals surface area (Å²) in [5, 5.41) is 12.9. The molecule has 22 heavy (non-hydrogen) atoms. The summed E-state index contributed by atoms with van der Waals surface area (Å²) in [6.07, 6.45) is 0. The first kappa shape index (κ1) is 15.9. The monoisotopic (exact) mass is 310 g/mol. The van der Waals surface area contributed by atoms with Gasteiger partial charge < -0.3 is 9.84 Å². The Morgan fingerprint density at radius 2 is 2.05 bits per heavy atom. The number of benzene rings is 1. The lowest BCUT2D eigenvalue weighted by molar-refractivity contribution is 0.0151. The first-order valence-electron chi connectivity index (χ1n) is 6.50. The van der Waals surface area contributed by atoms with Crippen molar-refractivity contribution in [2.45, 2.75) is 19.8 Å². The summed E-state index contributed by atoms with van der Waals surface area (Å²) in [4.78, 5) is 11.0. The minimum atomic E-state index is -3.08. The van der Waals surface area contributed by atoms with Gasteiger partial charge in [0.1, 0.15) is 5.75 Å². The van der Waals surface area contributed by atoms with Crippen molar-refractivity contribution in [2.75, 3.05) is 7.11 Å². The van der Waals surface area contributed by atoms with Gasteiger partial charge in [0.05, 0.1) is 18.4 Å². The fraction of sp³-hybridized carbons (Fsp3) is 0.333. The van der Waals surface area contributed by atoms with Crippen molar-refractivity contribution < 1.29 is 23.4 Å². The second kappa shape index (κ2) is 5.40. The van der Waals surface area contributed by atoms with Crippen LogP contribution in [0.5, 0.6) is 5.75 Å². The Hall–Kier alpha value is -2.44. The van der Waals surface area contributed by atoms with Gasteiger partial charge in [0.2, 0.25) is 0 Å². The molecule has 0 aliphatic rings. The molecular formula is C15H16F2N2O3. The summed E-state index contributed by atoms with van der Waals surface area (Å²) < 4.78 is 34.1. The van der Waals surface area contributed by atoms with E-state index in [9.17, 15) is 13.6 Å². The van der Waals surface area contributed by atoms with Gasteiger partial charge in [0.15, 0.2) is 5.69 Å². The number of hydrogen-bond acceptors (Lipinski definition) is 3. The molecular weight excluding hydrogens is 294 g/mol. The summed E-state index contributed by atoms with van der Waals surface area (Å²) in [7, 11) is 2.86. The molecule has 0 atom stereocenters. The van der Waals surface area contributed by atoms with Gasteiger partial charge in [-0.3, -0.25) is 4.68 Å². The number of alkyl halides is 2. The van der Waals surface area contributed by atoms with Crippen LogP contribution in [0.3, 0.4) is 0 Å². The molecule has 0 bridgehead atoms. The highest BCUT2D eigenvalue weighted by molar-refractivity contribution is 5.88. The van der Waals surface area contributed by atoms with E-state index in [0.717, 1.165) is 6.92 Å². The van der Waals surface area contributed by atoms with Crippen LogP contribution in [0.2, 0.25) is 0 Å². The number of hydrogen-bond donors (Lipinski definition) is 1. The van der Waals surface area contributed by atoms with E-state index in [4.69, 9.17) is 9.84 Å². The van der Waals surface area contributed by atoms with E-state index in [1.807, 2.05) is 0 Å². The van der Waals surface area contributed by atoms with E-state index in [2.05, 4.69) is 5.10 Å². The molecule has 2 aromatic rings. The highest BCUT2D eigenvalue weighted by Crippen LogP contribution is 2.42. The number of aromatic nitrogens is 2. The summed E-state index contributed by atoms with van der Waals surface area (Å²) in [5.74, 6) is -4.25. The SMILES string of the molecule is COc1c(C(C)(F)F)ccc(C)c1-c1cc(C(=O)O)nn1C. The minimum absolute atomic E-state index is 0.0208. The molecule has 0 aliphatic heterocycles. The van der Waals surface area contributed by atoms with Crippen LogP contribution in [0.15, 0.2) is 18.2 Å². The van der Waals surface area contributed by atoms with Gasteiger partial charge in [-0.2, -0.15) is 5.10 Å². The number of aromatic carboxylic acids is 1. The van der Waals surface area contributed by atoms with Gasteiger partial charge in [-0.15, -0.1) is 0 Å². The standard InChI is InChI=1S/C15H16F2N2O3/c1-8-5-6-9(15(2,16)17)13(22-4)12(8)11-7-10(14(20)21)18-19(11)3/h5-7H,1-4H3,(H,20,21). The second-order valence-corrected chi connectivity index (χ2v) is 5.07. The molecule has 1 aromatic carbocycles. The van der Waals surface area contributed by atoms with Crippen molar-refractivity contribution >= 4 is 5.97 Å². The van der Waals surface area contributed by atoms with Crippen molar-refractivity contribution in [1.82, 2.24) is 9.78 Å². The predicted molar refractivity (Wildman–Crippen MR) is 76.5 cm³/mol. The van der Waals surface area contributed by atoms with E-state index in [-0.39, 0.29) is 17.0 Å². The number of carbonyl (C=O) groups is 1. The van der Waals surface area contributed by atoms with Crippen LogP contribution in [-0.2, 0) is 13.0 Å². The van der Waals surface area contributed by atoms with Crippen molar-refractivity contribution in [3.05, 3.63) is 35.0 Å². The molecule has 1 N–H and O–H groups in total. The van der Waals surface area contributed by atoms with E-state index in [1.54, 1.807) is 20.0 Å². The molecule has 0 saturated heterocycles. The van der Waals surface area contributed by atoms with Gasteiger partial charge in [-0.25, -0.2) is 13.6 Å². The van der Waals surface area contributed by atoms with E-state index in [0.29, 0.717) is 16.8 Å². The number of aryl methyl sites for hydroxylation is 2. The molecule has 0 fully saturated rings. The number of carboxylic acid groups (broad SMARTS) is 1. The quantitative estimate of drug-likeness (QED) is 0.942. The maximum absolute atomic E-state index is 13.8. The molecule has 1 heterocycles. The number of nitrogens with zero attached hydrogens (tertiary/aromatic N) is 2. The Bertz CT molecular complexity index is 733. The van der Waals surface area contributed by atoms with Gasteiger partial charge in [-0.05, 0) is 24.6 Å². The Labute approximate surface area is 126 Å². The number of rotatable bonds is 4. The molecule has 0 amide bonds. The fourth-order valence-corrected chi connectivity index (χ4v) is 2.36. The molecule has 2 rings (SSSR count). The third-order valence-electron chi connectivity index (χ3n) is 3.40. The second-order valence-electron chi connectivity index (χ2n) is 5.07. The van der Waals surface area contributed by atoms with Crippen molar-refractivity contribution in [1.29, 1.82) is 0 Å². The number of ether oxygens (including phenoxy) is 1. The average Bonchev–Trinajstić information content (AvgIpc) is 2.78. The summed E-state index contributed by atoms with van der Waals surface area (Å²) in [6.45, 7) is 2.53. The summed E-state index contributed by atoms with van der Waals surface area (Å²) in [5.41, 5.74) is 1.08. The molecule has 1 aromatic heterocycles. The zero-order valence-corrected chi connectivity index (χ0v) is 12.6. The van der Waals surface area contributed by atoms with Crippen LogP contribution in [0.25, 0.3) is 11.3 Å². The lowest BCUT2D eigenvalue weighted by Crippen LogP contribution is -2.11. The maximum Gasteiger partial charge on any atom is 0.356 e. The molecule has 7 heteroatoms. The van der Waals surface area contributed by atoms with E-state index < -0.39 is 11.9 Å². The van der Waals surface area contributed by atoms with Crippen LogP contribution >= 0.6 is 0 Å². The van der Waals surface area contributed by atoms with Gasteiger partial charge in [-0.1, -0.05) is 6.07 Å². The maximum atomic E-state index is 13.8. The van der Waals surface area contributed by atoms with Gasteiger partial charge in [0, 0.05) is 19.5 Å². The van der Waals surface area contributed by atoms with Gasteiger partial charge in [0.25, 0.3) is 5.92 Å². The Balaban J connectivity index is 2.77. The zero-order chi connectivity index (χ0) is 16.7. The normalized spacial score (nSPS) is 11.5. The predicted octanol–water partition coefficient (Wildman–Crippen LogP) is 3.21. The van der Waals surface area contributed by atoms with Gasteiger partial charge >= 0.3 is 5.97 Å². The number of methoxy groups -OCH3 is 1. The third kappa shape index (κ3) is 2.66. The minimum Gasteiger partial charge on any atom is -0.496 e. The highest BCUT2D eigenvalue weighted by atomic mass is 19.3. The lowest BCUT2D eigenvalue weighted by atomic mass is 9.97. The Morgan fingerprint density at radius 3 is 2.50 bits per heavy atom. The molecule has 0 radical (unpaired) electrons. The molecule has 5 nitrogen and oxygen atoms in total. The fourth-order valence-electron chi connectivity index (χ4n) is 2.36. The molecule has 0 unspecified atom stereocenters. The average molecular weight is 310 g/mol. The van der Waals surface area contributed by atoms with Crippen molar-refractivity contribution in [3.8, 4) is 17.0 Å². The smallest absolute Gasteiger partial charge is 0.356 e. The Kier molecular flexibility index (Phi) is 3.91. The summed E-state index contributed by atoms with van der Waals surface area (Å²) >= 11 is 0. The highest BCUT2D eigenvalue weighted by Gasteiger charge is 2.31. The van der Waals surface area contributed by atoms with Crippen LogP contribution < -0.4 is 4.74 Å². The summed E-state index contributed by atoms with van der Waals surface area (Å²) in [6, 6.07) is 4.20. The van der Waals surface area contributed by atoms with E-state index >= 15 is 0 Å². The van der Waals surface area contributed by atoms with Crippen molar-refractivity contribution in [2.24, 2.45) is 7.05 Å². The number of carboxylic acids is 1. The van der Waals surface area contributed by atoms with E-state index in [1.165, 1.54) is 23.9 Å². The lowest BCUT2D eigenvalue weighted by Gasteiger charge is -2.19. The molecule has 0 aliphatic carbocycles. The molecule has 0 saturated carbocycles. The van der Waals surface area contributed by atoms with Crippen LogP contribution in [0.4, 0.5) is 8.78 Å². The largest absolute Gasteiger partial charge is 0.496 e. The molecule has 118 valence electrons. The van der Waals surface area contributed by atoms with Crippen LogP contribution in [0, 0.1) is 6.92 Å².